The molecular weight excluding hydrogens is 250 g/mol. The van der Waals surface area contributed by atoms with Crippen LogP contribution < -0.4 is 10.5 Å². The van der Waals surface area contributed by atoms with Gasteiger partial charge >= 0.3 is 0 Å². The first kappa shape index (κ1) is 13.9. The van der Waals surface area contributed by atoms with Gasteiger partial charge in [0.25, 0.3) is 0 Å². The fourth-order valence-electron chi connectivity index (χ4n) is 1.81. The summed E-state index contributed by atoms with van der Waals surface area (Å²) in [4.78, 5) is 4.09. The molecule has 2 N–H and O–H groups in total. The molecule has 1 heterocycles. The molecule has 20 heavy (non-hydrogen) atoms. The van der Waals surface area contributed by atoms with E-state index < -0.39 is 0 Å². The van der Waals surface area contributed by atoms with Crippen LogP contribution >= 0.6 is 0 Å². The van der Waals surface area contributed by atoms with Gasteiger partial charge in [0.05, 0.1) is 11.3 Å². The van der Waals surface area contributed by atoms with Crippen molar-refractivity contribution in [3.63, 3.8) is 0 Å². The lowest BCUT2D eigenvalue weighted by molar-refractivity contribution is 0.461. The van der Waals surface area contributed by atoms with Crippen molar-refractivity contribution in [2.75, 3.05) is 5.73 Å². The Hall–Kier alpha value is -2.54. The topological polar surface area (TPSA) is 71.9 Å². The number of aromatic nitrogens is 1. The van der Waals surface area contributed by atoms with Gasteiger partial charge in [-0.1, -0.05) is 26.0 Å². The number of benzene rings is 1. The summed E-state index contributed by atoms with van der Waals surface area (Å²) in [5.74, 6) is 1.48. The highest BCUT2D eigenvalue weighted by atomic mass is 16.5. The Balaban J connectivity index is 2.35. The molecule has 0 unspecified atom stereocenters. The zero-order chi connectivity index (χ0) is 14.7. The van der Waals surface area contributed by atoms with Crippen LogP contribution in [0.1, 0.15) is 36.5 Å². The van der Waals surface area contributed by atoms with Crippen LogP contribution in [-0.4, -0.2) is 4.98 Å². The van der Waals surface area contributed by atoms with Gasteiger partial charge in [0.1, 0.15) is 11.8 Å². The summed E-state index contributed by atoms with van der Waals surface area (Å²) in [7, 11) is 0. The predicted octanol–water partition coefficient (Wildman–Crippen LogP) is 3.76. The number of hydrogen-bond donors (Lipinski definition) is 1. The number of nitriles is 1. The summed E-state index contributed by atoms with van der Waals surface area (Å²) >= 11 is 0. The summed E-state index contributed by atoms with van der Waals surface area (Å²) in [5.41, 5.74) is 8.84. The number of nitrogens with zero attached hydrogens (tertiary/aromatic N) is 2. The van der Waals surface area contributed by atoms with Crippen LogP contribution in [0.15, 0.2) is 30.5 Å². The molecule has 0 saturated carbocycles. The molecule has 102 valence electrons. The summed E-state index contributed by atoms with van der Waals surface area (Å²) in [5, 5.41) is 8.80. The van der Waals surface area contributed by atoms with Crippen LogP contribution in [0.2, 0.25) is 0 Å². The number of ether oxygens (including phenoxy) is 1. The van der Waals surface area contributed by atoms with E-state index in [-0.39, 0.29) is 0 Å². The highest BCUT2D eigenvalue weighted by Crippen LogP contribution is 2.30. The van der Waals surface area contributed by atoms with Crippen molar-refractivity contribution in [1.29, 1.82) is 5.26 Å². The van der Waals surface area contributed by atoms with Crippen LogP contribution in [0.25, 0.3) is 0 Å². The molecule has 0 radical (unpaired) electrons. The molecule has 1 aromatic heterocycles. The molecule has 2 aromatic rings. The smallest absolute Gasteiger partial charge is 0.242 e. The quantitative estimate of drug-likeness (QED) is 0.919. The first-order valence-corrected chi connectivity index (χ1v) is 6.45. The highest BCUT2D eigenvalue weighted by molar-refractivity contribution is 5.54. The van der Waals surface area contributed by atoms with Gasteiger partial charge in [-0.3, -0.25) is 0 Å². The molecule has 0 aliphatic rings. The Morgan fingerprint density at radius 1 is 1.30 bits per heavy atom. The summed E-state index contributed by atoms with van der Waals surface area (Å²) in [6.45, 7) is 6.23. The fraction of sp³-hybridized carbons (Fsp3) is 0.250. The molecule has 0 spiro atoms. The number of nitrogen functional groups attached to an aromatic ring is 1. The molecule has 0 amide bonds. The van der Waals surface area contributed by atoms with E-state index in [0.717, 1.165) is 11.3 Å². The first-order chi connectivity index (χ1) is 9.51. The molecule has 0 atom stereocenters. The monoisotopic (exact) mass is 267 g/mol. The highest BCUT2D eigenvalue weighted by Gasteiger charge is 2.09. The number of rotatable bonds is 3. The van der Waals surface area contributed by atoms with Crippen molar-refractivity contribution in [3.8, 4) is 17.7 Å². The van der Waals surface area contributed by atoms with Gasteiger partial charge < -0.3 is 10.5 Å². The van der Waals surface area contributed by atoms with Gasteiger partial charge in [0, 0.05) is 6.20 Å². The SMILES string of the molecule is Cc1ccc(C(C)C)cc1Oc1ncc(C#N)cc1N. The van der Waals surface area contributed by atoms with Gasteiger partial charge in [-0.2, -0.15) is 5.26 Å². The molecule has 1 aromatic carbocycles. The van der Waals surface area contributed by atoms with E-state index in [1.54, 1.807) is 6.07 Å². The second-order valence-electron chi connectivity index (χ2n) is 5.01. The number of hydrogen-bond acceptors (Lipinski definition) is 4. The molecule has 0 saturated heterocycles. The Morgan fingerprint density at radius 2 is 2.05 bits per heavy atom. The van der Waals surface area contributed by atoms with E-state index in [2.05, 4.69) is 24.9 Å². The first-order valence-electron chi connectivity index (χ1n) is 6.45. The molecule has 4 nitrogen and oxygen atoms in total. The Morgan fingerprint density at radius 3 is 2.65 bits per heavy atom. The average Bonchev–Trinajstić information content (AvgIpc) is 2.42. The van der Waals surface area contributed by atoms with Crippen LogP contribution in [-0.2, 0) is 0 Å². The van der Waals surface area contributed by atoms with Gasteiger partial charge in [-0.05, 0) is 36.1 Å². The molecule has 0 aliphatic heterocycles. The van der Waals surface area contributed by atoms with Gasteiger partial charge in [-0.15, -0.1) is 0 Å². The maximum atomic E-state index is 8.80. The van der Waals surface area contributed by atoms with Crippen molar-refractivity contribution in [2.24, 2.45) is 0 Å². The average molecular weight is 267 g/mol. The lowest BCUT2D eigenvalue weighted by atomic mass is 10.0. The largest absolute Gasteiger partial charge is 0.437 e. The van der Waals surface area contributed by atoms with Crippen LogP contribution in [0.5, 0.6) is 11.6 Å². The molecule has 0 aliphatic carbocycles. The van der Waals surface area contributed by atoms with Crippen molar-refractivity contribution >= 4 is 5.69 Å². The van der Waals surface area contributed by atoms with Crippen LogP contribution in [0.4, 0.5) is 5.69 Å². The Bertz CT molecular complexity index is 672. The Kier molecular flexibility index (Phi) is 3.90. The molecule has 0 bridgehead atoms. The lowest BCUT2D eigenvalue weighted by Crippen LogP contribution is -1.98. The summed E-state index contributed by atoms with van der Waals surface area (Å²) < 4.78 is 5.78. The van der Waals surface area contributed by atoms with E-state index in [4.69, 9.17) is 15.7 Å². The fourth-order valence-corrected chi connectivity index (χ4v) is 1.81. The van der Waals surface area contributed by atoms with E-state index in [0.29, 0.717) is 23.0 Å². The van der Waals surface area contributed by atoms with Crippen molar-refractivity contribution in [2.45, 2.75) is 26.7 Å². The Labute approximate surface area is 118 Å². The van der Waals surface area contributed by atoms with Gasteiger partial charge in [-0.25, -0.2) is 4.98 Å². The third kappa shape index (κ3) is 2.89. The maximum Gasteiger partial charge on any atom is 0.242 e. The normalized spacial score (nSPS) is 10.3. The van der Waals surface area contributed by atoms with Gasteiger partial charge in [0.15, 0.2) is 0 Å². The summed E-state index contributed by atoms with van der Waals surface area (Å²) in [6, 6.07) is 9.66. The van der Waals surface area contributed by atoms with Crippen molar-refractivity contribution in [3.05, 3.63) is 47.2 Å². The second kappa shape index (κ2) is 5.62. The number of aryl methyl sites for hydroxylation is 1. The molecular formula is C16H17N3O. The zero-order valence-corrected chi connectivity index (χ0v) is 11.8. The van der Waals surface area contributed by atoms with E-state index >= 15 is 0 Å². The van der Waals surface area contributed by atoms with Crippen molar-refractivity contribution in [1.82, 2.24) is 4.98 Å². The zero-order valence-electron chi connectivity index (χ0n) is 11.8. The second-order valence-corrected chi connectivity index (χ2v) is 5.01. The lowest BCUT2D eigenvalue weighted by Gasteiger charge is -2.13. The van der Waals surface area contributed by atoms with E-state index in [1.165, 1.54) is 11.8 Å². The van der Waals surface area contributed by atoms with Crippen molar-refractivity contribution < 1.29 is 4.74 Å². The number of anilines is 1. The molecule has 0 fully saturated rings. The van der Waals surface area contributed by atoms with Crippen LogP contribution in [0.3, 0.4) is 0 Å². The minimum Gasteiger partial charge on any atom is -0.437 e. The molecule has 4 heteroatoms. The number of nitrogens with two attached hydrogens (primary N) is 1. The maximum absolute atomic E-state index is 8.80. The third-order valence-corrected chi connectivity index (χ3v) is 3.09. The molecule has 2 rings (SSSR count). The minimum absolute atomic E-state index is 0.327. The standard InChI is InChI=1S/C16H17N3O/c1-10(2)13-5-4-11(3)15(7-13)20-16-14(18)6-12(8-17)9-19-16/h4-7,9-10H,18H2,1-3H3. The predicted molar refractivity (Wildman–Crippen MR) is 78.7 cm³/mol. The third-order valence-electron chi connectivity index (χ3n) is 3.09. The summed E-state index contributed by atoms with van der Waals surface area (Å²) in [6.07, 6.45) is 1.45. The van der Waals surface area contributed by atoms with E-state index in [9.17, 15) is 0 Å². The van der Waals surface area contributed by atoms with Gasteiger partial charge in [0.2, 0.25) is 5.88 Å². The number of pyridine rings is 1. The minimum atomic E-state index is 0.327. The van der Waals surface area contributed by atoms with E-state index in [1.807, 2.05) is 25.1 Å². The van der Waals surface area contributed by atoms with Crippen LogP contribution in [0, 0.1) is 18.3 Å².